The second-order valence-corrected chi connectivity index (χ2v) is 9.18. The SMILES string of the molecule is CCOc1ccc(OCC(=O)N(c2cccc(C)c2C)S(=O)(=O)c2ccc(C)cc2)cc1. The van der Waals surface area contributed by atoms with Crippen molar-refractivity contribution in [1.82, 2.24) is 0 Å². The molecule has 0 unspecified atom stereocenters. The number of carbonyl (C=O) groups excluding carboxylic acids is 1. The highest BCUT2D eigenvalue weighted by atomic mass is 32.2. The molecule has 0 aliphatic heterocycles. The molecule has 6 nitrogen and oxygen atoms in total. The lowest BCUT2D eigenvalue weighted by Gasteiger charge is -2.25. The normalized spacial score (nSPS) is 11.1. The number of hydrogen-bond donors (Lipinski definition) is 0. The van der Waals surface area contributed by atoms with Crippen LogP contribution in [0.1, 0.15) is 23.6 Å². The highest BCUT2D eigenvalue weighted by Gasteiger charge is 2.32. The fraction of sp³-hybridized carbons (Fsp3) is 0.240. The molecule has 3 aromatic rings. The topological polar surface area (TPSA) is 72.9 Å². The summed E-state index contributed by atoms with van der Waals surface area (Å²) in [6.07, 6.45) is 0. The van der Waals surface area contributed by atoms with Crippen molar-refractivity contribution in [3.8, 4) is 11.5 Å². The molecule has 7 heteroatoms. The van der Waals surface area contributed by atoms with E-state index in [1.165, 1.54) is 12.1 Å². The van der Waals surface area contributed by atoms with Crippen LogP contribution in [0, 0.1) is 20.8 Å². The van der Waals surface area contributed by atoms with Crippen LogP contribution < -0.4 is 13.8 Å². The smallest absolute Gasteiger partial charge is 0.278 e. The highest BCUT2D eigenvalue weighted by Crippen LogP contribution is 2.29. The molecule has 0 bridgehead atoms. The summed E-state index contributed by atoms with van der Waals surface area (Å²) >= 11 is 0. The lowest BCUT2D eigenvalue weighted by Crippen LogP contribution is -2.40. The molecule has 3 rings (SSSR count). The predicted octanol–water partition coefficient (Wildman–Crippen LogP) is 4.81. The molecule has 3 aromatic carbocycles. The average molecular weight is 454 g/mol. The van der Waals surface area contributed by atoms with E-state index in [9.17, 15) is 13.2 Å². The summed E-state index contributed by atoms with van der Waals surface area (Å²) in [5, 5.41) is 0. The highest BCUT2D eigenvalue weighted by molar-refractivity contribution is 7.93. The van der Waals surface area contributed by atoms with Crippen LogP contribution in [0.2, 0.25) is 0 Å². The Hall–Kier alpha value is -3.32. The Morgan fingerprint density at radius 2 is 1.44 bits per heavy atom. The maximum Gasteiger partial charge on any atom is 0.278 e. The Kier molecular flexibility index (Phi) is 7.20. The fourth-order valence-corrected chi connectivity index (χ4v) is 4.64. The zero-order valence-corrected chi connectivity index (χ0v) is 19.5. The third-order valence-corrected chi connectivity index (χ3v) is 6.83. The van der Waals surface area contributed by atoms with Gasteiger partial charge in [-0.05, 0) is 81.3 Å². The first kappa shape index (κ1) is 23.3. The third-order valence-electron chi connectivity index (χ3n) is 5.08. The molecule has 0 saturated carbocycles. The zero-order valence-electron chi connectivity index (χ0n) is 18.7. The van der Waals surface area contributed by atoms with Gasteiger partial charge in [-0.2, -0.15) is 4.31 Å². The molecule has 0 heterocycles. The van der Waals surface area contributed by atoms with Gasteiger partial charge in [0.15, 0.2) is 6.61 Å². The number of hydrogen-bond acceptors (Lipinski definition) is 5. The Bertz CT molecular complexity index is 1190. The second kappa shape index (κ2) is 9.87. The molecule has 168 valence electrons. The number of anilines is 1. The van der Waals surface area contributed by atoms with Gasteiger partial charge in [-0.3, -0.25) is 4.79 Å². The number of benzene rings is 3. The van der Waals surface area contributed by atoms with Gasteiger partial charge in [0.05, 0.1) is 17.2 Å². The number of sulfonamides is 1. The van der Waals surface area contributed by atoms with E-state index in [1.807, 2.05) is 26.8 Å². The molecule has 0 aromatic heterocycles. The van der Waals surface area contributed by atoms with Crippen LogP contribution in [0.3, 0.4) is 0 Å². The molecule has 0 aliphatic carbocycles. The van der Waals surface area contributed by atoms with E-state index in [-0.39, 0.29) is 4.90 Å². The number of ether oxygens (including phenoxy) is 2. The summed E-state index contributed by atoms with van der Waals surface area (Å²) in [5.41, 5.74) is 2.82. The molecule has 0 saturated heterocycles. The van der Waals surface area contributed by atoms with E-state index in [1.54, 1.807) is 55.5 Å². The molecule has 0 radical (unpaired) electrons. The summed E-state index contributed by atoms with van der Waals surface area (Å²) in [4.78, 5) is 13.3. The van der Waals surface area contributed by atoms with Crippen LogP contribution in [0.4, 0.5) is 5.69 Å². The minimum Gasteiger partial charge on any atom is -0.494 e. The van der Waals surface area contributed by atoms with Crippen molar-refractivity contribution in [3.63, 3.8) is 0 Å². The first-order valence-electron chi connectivity index (χ1n) is 10.3. The second-order valence-electron chi connectivity index (χ2n) is 7.39. The minimum atomic E-state index is -4.14. The maximum absolute atomic E-state index is 13.5. The van der Waals surface area contributed by atoms with E-state index in [2.05, 4.69) is 0 Å². The van der Waals surface area contributed by atoms with Gasteiger partial charge in [0.2, 0.25) is 0 Å². The van der Waals surface area contributed by atoms with Crippen molar-refractivity contribution in [2.75, 3.05) is 17.5 Å². The van der Waals surface area contributed by atoms with Crippen molar-refractivity contribution in [2.45, 2.75) is 32.6 Å². The summed E-state index contributed by atoms with van der Waals surface area (Å²) in [5.74, 6) is 0.439. The molecule has 32 heavy (non-hydrogen) atoms. The number of aryl methyl sites for hydroxylation is 2. The van der Waals surface area contributed by atoms with Crippen LogP contribution in [0.15, 0.2) is 71.6 Å². The van der Waals surface area contributed by atoms with E-state index in [0.29, 0.717) is 29.4 Å². The standard InChI is InChI=1S/C25H27NO5S/c1-5-30-21-11-13-22(14-12-21)31-17-25(27)26(24-8-6-7-19(3)20(24)4)32(28,29)23-15-9-18(2)10-16-23/h6-16H,5,17H2,1-4H3. The number of nitrogens with zero attached hydrogens (tertiary/aromatic N) is 1. The Labute approximate surface area is 189 Å². The zero-order chi connectivity index (χ0) is 23.3. The predicted molar refractivity (Wildman–Crippen MR) is 125 cm³/mol. The Morgan fingerprint density at radius 1 is 0.844 bits per heavy atom. The van der Waals surface area contributed by atoms with Crippen molar-refractivity contribution in [2.24, 2.45) is 0 Å². The largest absolute Gasteiger partial charge is 0.494 e. The Balaban J connectivity index is 1.94. The molecule has 1 amide bonds. The summed E-state index contributed by atoms with van der Waals surface area (Å²) in [7, 11) is -4.14. The van der Waals surface area contributed by atoms with Crippen molar-refractivity contribution in [1.29, 1.82) is 0 Å². The average Bonchev–Trinajstić information content (AvgIpc) is 2.77. The van der Waals surface area contributed by atoms with Gasteiger partial charge in [-0.15, -0.1) is 0 Å². The van der Waals surface area contributed by atoms with Crippen molar-refractivity contribution >= 4 is 21.6 Å². The lowest BCUT2D eigenvalue weighted by molar-refractivity contribution is -0.119. The number of carbonyl (C=O) groups is 1. The van der Waals surface area contributed by atoms with Gasteiger partial charge in [-0.25, -0.2) is 8.42 Å². The van der Waals surface area contributed by atoms with Gasteiger partial charge in [0, 0.05) is 0 Å². The van der Waals surface area contributed by atoms with Gasteiger partial charge < -0.3 is 9.47 Å². The fourth-order valence-electron chi connectivity index (χ4n) is 3.17. The van der Waals surface area contributed by atoms with Gasteiger partial charge >= 0.3 is 0 Å². The van der Waals surface area contributed by atoms with Crippen molar-refractivity contribution < 1.29 is 22.7 Å². The molecule has 0 fully saturated rings. The number of rotatable bonds is 8. The first-order valence-corrected chi connectivity index (χ1v) is 11.7. The molecular formula is C25H27NO5S. The van der Waals surface area contributed by atoms with Gasteiger partial charge in [0.1, 0.15) is 11.5 Å². The molecule has 0 spiro atoms. The Morgan fingerprint density at radius 3 is 2.03 bits per heavy atom. The molecule has 0 aliphatic rings. The van der Waals surface area contributed by atoms with Crippen LogP contribution in [-0.2, 0) is 14.8 Å². The monoisotopic (exact) mass is 453 g/mol. The number of amides is 1. The lowest BCUT2D eigenvalue weighted by atomic mass is 10.1. The van der Waals surface area contributed by atoms with Crippen LogP contribution in [0.5, 0.6) is 11.5 Å². The van der Waals surface area contributed by atoms with Crippen molar-refractivity contribution in [3.05, 3.63) is 83.4 Å². The summed E-state index contributed by atoms with van der Waals surface area (Å²) < 4.78 is 38.9. The maximum atomic E-state index is 13.5. The van der Waals surface area contributed by atoms with E-state index >= 15 is 0 Å². The molecular weight excluding hydrogens is 426 g/mol. The summed E-state index contributed by atoms with van der Waals surface area (Å²) in [6.45, 7) is 7.53. The molecule has 0 N–H and O–H groups in total. The van der Waals surface area contributed by atoms with E-state index in [4.69, 9.17) is 9.47 Å². The van der Waals surface area contributed by atoms with Gasteiger partial charge in [-0.1, -0.05) is 29.8 Å². The van der Waals surface area contributed by atoms with Crippen LogP contribution in [-0.4, -0.2) is 27.5 Å². The van der Waals surface area contributed by atoms with Gasteiger partial charge in [0.25, 0.3) is 15.9 Å². The minimum absolute atomic E-state index is 0.0402. The van der Waals surface area contributed by atoms with Crippen LogP contribution in [0.25, 0.3) is 0 Å². The molecule has 0 atom stereocenters. The van der Waals surface area contributed by atoms with Crippen LogP contribution >= 0.6 is 0 Å². The summed E-state index contributed by atoms with van der Waals surface area (Å²) in [6, 6.07) is 18.5. The third kappa shape index (κ3) is 5.11. The van der Waals surface area contributed by atoms with E-state index in [0.717, 1.165) is 15.4 Å². The quantitative estimate of drug-likeness (QED) is 0.489. The van der Waals surface area contributed by atoms with E-state index < -0.39 is 22.5 Å². The first-order chi connectivity index (χ1) is 15.2.